The summed E-state index contributed by atoms with van der Waals surface area (Å²) in [6.07, 6.45) is 3.17. The molecule has 1 aromatic heterocycles. The molecular formula is C8H12N4O4+2. The van der Waals surface area contributed by atoms with Crippen LogP contribution in [0, 0.1) is 10.1 Å². The minimum Gasteiger partial charge on any atom is -0.398 e. The van der Waals surface area contributed by atoms with Crippen LogP contribution in [-0.4, -0.2) is 26.1 Å². The van der Waals surface area contributed by atoms with E-state index in [1.807, 2.05) is 0 Å². The highest BCUT2D eigenvalue weighted by atomic mass is 16.8. The maximum atomic E-state index is 10.4. The summed E-state index contributed by atoms with van der Waals surface area (Å²) in [5.41, 5.74) is 6.05. The van der Waals surface area contributed by atoms with Crippen molar-refractivity contribution >= 4 is 11.5 Å². The van der Waals surface area contributed by atoms with Gasteiger partial charge >= 0.3 is 5.84 Å². The largest absolute Gasteiger partial charge is 0.576 e. The lowest BCUT2D eigenvalue weighted by Gasteiger charge is -1.93. The third-order valence-electron chi connectivity index (χ3n) is 1.95. The Kier molecular flexibility index (Phi) is 3.59. The van der Waals surface area contributed by atoms with Crippen molar-refractivity contribution in [1.29, 1.82) is 0 Å². The van der Waals surface area contributed by atoms with Crippen molar-refractivity contribution in [1.82, 2.24) is 0 Å². The molecule has 8 nitrogen and oxygen atoms in total. The summed E-state index contributed by atoms with van der Waals surface area (Å²) in [6, 6.07) is 3.28. The summed E-state index contributed by atoms with van der Waals surface area (Å²) in [5, 5.41) is 27.6. The highest BCUT2D eigenvalue weighted by Crippen LogP contribution is 1.94. The number of pyridine rings is 1. The summed E-state index contributed by atoms with van der Waals surface area (Å²) in [7, 11) is 0. The van der Waals surface area contributed by atoms with Gasteiger partial charge in [-0.2, -0.15) is 0 Å². The molecule has 86 valence electrons. The predicted molar refractivity (Wildman–Crippen MR) is 51.5 cm³/mol. The molecule has 0 aromatic carbocycles. The molecule has 0 bridgehead atoms. The van der Waals surface area contributed by atoms with Gasteiger partial charge in [0.25, 0.3) is 4.90 Å². The number of nitrogens with two attached hydrogens (primary N) is 1. The summed E-state index contributed by atoms with van der Waals surface area (Å²) in [6.45, 7) is 0.244. The molecular weight excluding hydrogens is 216 g/mol. The molecule has 1 rings (SSSR count). The van der Waals surface area contributed by atoms with Crippen LogP contribution >= 0.6 is 0 Å². The Morgan fingerprint density at radius 2 is 2.00 bits per heavy atom. The zero-order chi connectivity index (χ0) is 12.1. The van der Waals surface area contributed by atoms with E-state index in [0.717, 1.165) is 0 Å². The summed E-state index contributed by atoms with van der Waals surface area (Å²) in [5.74, 6) is -0.690. The molecule has 0 amide bonds. The number of hydrogen-bond acceptors (Lipinski definition) is 5. The van der Waals surface area contributed by atoms with Crippen LogP contribution in [-0.2, 0) is 6.54 Å². The first-order valence-electron chi connectivity index (χ1n) is 4.43. The number of nitro groups is 1. The lowest BCUT2D eigenvalue weighted by molar-refractivity contribution is -0.967. The molecule has 0 atom stereocenters. The van der Waals surface area contributed by atoms with Crippen molar-refractivity contribution in [2.45, 2.75) is 13.0 Å². The first-order chi connectivity index (χ1) is 7.50. The monoisotopic (exact) mass is 228 g/mol. The van der Waals surface area contributed by atoms with Gasteiger partial charge in [-0.15, -0.1) is 0 Å². The van der Waals surface area contributed by atoms with Crippen LogP contribution in [0.5, 0.6) is 0 Å². The predicted octanol–water partition coefficient (Wildman–Crippen LogP) is -0.587. The summed E-state index contributed by atoms with van der Waals surface area (Å²) >= 11 is 0. The van der Waals surface area contributed by atoms with E-state index in [0.29, 0.717) is 5.69 Å². The van der Waals surface area contributed by atoms with Crippen molar-refractivity contribution in [2.24, 2.45) is 0 Å². The van der Waals surface area contributed by atoms with E-state index in [-0.39, 0.29) is 13.0 Å². The van der Waals surface area contributed by atoms with Gasteiger partial charge < -0.3 is 5.73 Å². The Bertz CT molecular complexity index is 411. The second-order valence-electron chi connectivity index (χ2n) is 3.08. The van der Waals surface area contributed by atoms with E-state index >= 15 is 0 Å². The Labute approximate surface area is 90.6 Å². The van der Waals surface area contributed by atoms with Gasteiger partial charge in [0.15, 0.2) is 25.4 Å². The molecule has 0 radical (unpaired) electrons. The molecule has 0 saturated carbocycles. The van der Waals surface area contributed by atoms with E-state index in [2.05, 4.69) is 0 Å². The fourth-order valence-corrected chi connectivity index (χ4v) is 1.11. The van der Waals surface area contributed by atoms with Crippen LogP contribution in [0.3, 0.4) is 0 Å². The normalized spacial score (nSPS) is 9.75. The van der Waals surface area contributed by atoms with Crippen molar-refractivity contribution < 1.29 is 24.8 Å². The second-order valence-corrected chi connectivity index (χ2v) is 3.08. The first kappa shape index (κ1) is 11.7. The first-order valence-corrected chi connectivity index (χ1v) is 4.43. The number of nitrogen functional groups attached to an aromatic ring is 1. The second kappa shape index (κ2) is 4.91. The highest BCUT2D eigenvalue weighted by Gasteiger charge is 2.30. The number of aryl methyl sites for hydroxylation is 1. The summed E-state index contributed by atoms with van der Waals surface area (Å²) in [4.78, 5) is 9.07. The number of aromatic nitrogens is 1. The van der Waals surface area contributed by atoms with Gasteiger partial charge in [0, 0.05) is 17.8 Å². The lowest BCUT2D eigenvalue weighted by Crippen LogP contribution is -2.36. The highest BCUT2D eigenvalue weighted by molar-refractivity contribution is 5.67. The number of anilines is 1. The lowest BCUT2D eigenvalue weighted by atomic mass is 10.3. The Morgan fingerprint density at radius 1 is 1.44 bits per heavy atom. The van der Waals surface area contributed by atoms with E-state index in [1.54, 1.807) is 29.1 Å². The van der Waals surface area contributed by atoms with Gasteiger partial charge in [-0.3, -0.25) is 10.1 Å². The fraction of sp³-hybridized carbons (Fsp3) is 0.250. The fourth-order valence-electron chi connectivity index (χ4n) is 1.11. The quantitative estimate of drug-likeness (QED) is 0.160. The van der Waals surface area contributed by atoms with Crippen molar-refractivity contribution in [2.75, 3.05) is 5.73 Å². The molecule has 16 heavy (non-hydrogen) atoms. The Hall–Kier alpha value is -2.38. The minimum absolute atomic E-state index is 0.116. The zero-order valence-electron chi connectivity index (χ0n) is 8.35. The van der Waals surface area contributed by atoms with E-state index in [4.69, 9.17) is 16.1 Å². The van der Waals surface area contributed by atoms with Crippen LogP contribution in [0.15, 0.2) is 24.5 Å². The molecule has 0 aliphatic carbocycles. The standard InChI is InChI=1S/C8H11N4O4/c9-7-1-4-10(5-2-7)6-3-8(11(13)14)12(15)16/h1-2,4-5,9,13-14H,3,6H2/q+1/p+1. The van der Waals surface area contributed by atoms with Crippen LogP contribution in [0.2, 0.25) is 0 Å². The van der Waals surface area contributed by atoms with Crippen LogP contribution < -0.4 is 10.3 Å². The number of amidine groups is 1. The van der Waals surface area contributed by atoms with Gasteiger partial charge in [0.2, 0.25) is 0 Å². The van der Waals surface area contributed by atoms with Gasteiger partial charge in [0.1, 0.15) is 4.92 Å². The topological polar surface area (TPSA) is 117 Å². The Balaban J connectivity index is 2.67. The van der Waals surface area contributed by atoms with Crippen molar-refractivity contribution in [3.63, 3.8) is 0 Å². The van der Waals surface area contributed by atoms with Crippen LogP contribution in [0.25, 0.3) is 0 Å². The average molecular weight is 228 g/mol. The molecule has 0 saturated heterocycles. The molecule has 1 aromatic rings. The van der Waals surface area contributed by atoms with E-state index in [1.165, 1.54) is 0 Å². The summed E-state index contributed by atoms with van der Waals surface area (Å²) < 4.78 is 1.64. The molecule has 1 heterocycles. The van der Waals surface area contributed by atoms with Crippen LogP contribution in [0.4, 0.5) is 5.69 Å². The molecule has 4 N–H and O–H groups in total. The van der Waals surface area contributed by atoms with E-state index in [9.17, 15) is 10.1 Å². The van der Waals surface area contributed by atoms with Gasteiger partial charge in [-0.1, -0.05) is 0 Å². The molecule has 0 aliphatic rings. The minimum atomic E-state index is -0.849. The maximum absolute atomic E-state index is 10.4. The third kappa shape index (κ3) is 3.08. The van der Waals surface area contributed by atoms with Crippen LogP contribution in [0.1, 0.15) is 6.42 Å². The average Bonchev–Trinajstić information content (AvgIpc) is 2.20. The smallest absolute Gasteiger partial charge is 0.398 e. The van der Waals surface area contributed by atoms with Crippen molar-refractivity contribution in [3.05, 3.63) is 34.6 Å². The number of hydrogen-bond donors (Lipinski definition) is 3. The molecule has 8 heteroatoms. The maximum Gasteiger partial charge on any atom is 0.576 e. The molecule has 0 spiro atoms. The van der Waals surface area contributed by atoms with Gasteiger partial charge in [-0.05, 0) is 0 Å². The zero-order valence-corrected chi connectivity index (χ0v) is 8.35. The number of nitrogens with zero attached hydrogens (tertiary/aromatic N) is 3. The Morgan fingerprint density at radius 3 is 2.44 bits per heavy atom. The molecule has 0 unspecified atom stereocenters. The van der Waals surface area contributed by atoms with E-state index < -0.39 is 15.7 Å². The SMILES string of the molecule is Nc1cc[n+](CCC([N+](=O)[O-])=[N+](O)O)cc1. The third-order valence-corrected chi connectivity index (χ3v) is 1.95. The van der Waals surface area contributed by atoms with Crippen molar-refractivity contribution in [3.8, 4) is 0 Å². The van der Waals surface area contributed by atoms with Gasteiger partial charge in [-0.25, -0.2) is 15.0 Å². The molecule has 0 aliphatic heterocycles. The van der Waals surface area contributed by atoms with Gasteiger partial charge in [0.05, 0.1) is 0 Å². The number of rotatable bonds is 3. The molecule has 0 fully saturated rings.